The summed E-state index contributed by atoms with van der Waals surface area (Å²) in [5, 5.41) is 2.74. The van der Waals surface area contributed by atoms with Gasteiger partial charge in [-0.05, 0) is 70.0 Å². The molecular formula is C30H37N5O5. The zero-order valence-electron chi connectivity index (χ0n) is 23.9. The largest absolute Gasteiger partial charge is 0.491 e. The van der Waals surface area contributed by atoms with Crippen LogP contribution in [0.2, 0.25) is 0 Å². The Balaban J connectivity index is 1.46. The van der Waals surface area contributed by atoms with E-state index in [1.807, 2.05) is 41.5 Å². The standard InChI is InChI=1S/C30H37N5O5/c1-18(2)24(33-27(37)25-26(36)32-23-10-8-7-9-22(23)31-25)29(39)34-15-16-35(30(5,6)17-34)28(38)20-11-13-21(14-12-20)40-19(3)4/h7-14,18-19,24H,15-17H2,1-6H3,(H,32,36)(H,33,37)/t24-/m0/s1. The number of ether oxygens (including phenoxy) is 1. The van der Waals surface area contributed by atoms with Crippen LogP contribution in [-0.4, -0.2) is 74.8 Å². The SMILES string of the molecule is CC(C)Oc1ccc(C(=O)N2CCN(C(=O)[C@@H](NC(=O)c3nc4ccccc4[nH]c3=O)C(C)C)CC2(C)C)cc1. The van der Waals surface area contributed by atoms with Gasteiger partial charge in [0.2, 0.25) is 5.91 Å². The number of aromatic nitrogens is 2. The van der Waals surface area contributed by atoms with Gasteiger partial charge >= 0.3 is 0 Å². The van der Waals surface area contributed by atoms with Crippen LogP contribution in [0, 0.1) is 5.92 Å². The summed E-state index contributed by atoms with van der Waals surface area (Å²) in [6.07, 6.45) is 0.0371. The minimum absolute atomic E-state index is 0.0371. The molecule has 3 amide bonds. The van der Waals surface area contributed by atoms with E-state index in [-0.39, 0.29) is 29.5 Å². The highest BCUT2D eigenvalue weighted by molar-refractivity contribution is 5.97. The van der Waals surface area contributed by atoms with Gasteiger partial charge in [-0.25, -0.2) is 4.98 Å². The third-order valence-electron chi connectivity index (χ3n) is 6.97. The number of hydrogen-bond donors (Lipinski definition) is 2. The monoisotopic (exact) mass is 547 g/mol. The summed E-state index contributed by atoms with van der Waals surface area (Å²) in [7, 11) is 0. The molecule has 3 aromatic rings. The quantitative estimate of drug-likeness (QED) is 0.468. The lowest BCUT2D eigenvalue weighted by Gasteiger charge is -2.48. The van der Waals surface area contributed by atoms with E-state index in [4.69, 9.17) is 4.74 Å². The van der Waals surface area contributed by atoms with Crippen molar-refractivity contribution in [3.63, 3.8) is 0 Å². The predicted molar refractivity (Wildman–Crippen MR) is 152 cm³/mol. The number of hydrogen-bond acceptors (Lipinski definition) is 6. The number of carbonyl (C=O) groups is 3. The highest BCUT2D eigenvalue weighted by atomic mass is 16.5. The van der Waals surface area contributed by atoms with E-state index in [1.54, 1.807) is 58.3 Å². The van der Waals surface area contributed by atoms with Crippen molar-refractivity contribution < 1.29 is 19.1 Å². The highest BCUT2D eigenvalue weighted by Gasteiger charge is 2.41. The number of aromatic amines is 1. The third kappa shape index (κ3) is 6.16. The molecule has 1 aliphatic heterocycles. The van der Waals surface area contributed by atoms with Gasteiger partial charge in [0.15, 0.2) is 5.69 Å². The molecule has 0 bridgehead atoms. The molecule has 1 aliphatic rings. The number of nitrogens with one attached hydrogen (secondary N) is 2. The average molecular weight is 548 g/mol. The van der Waals surface area contributed by atoms with Crippen molar-refractivity contribution in [3.8, 4) is 5.75 Å². The number of amides is 3. The molecule has 0 aliphatic carbocycles. The zero-order valence-corrected chi connectivity index (χ0v) is 23.9. The maximum atomic E-state index is 13.7. The molecule has 0 radical (unpaired) electrons. The Morgan fingerprint density at radius 3 is 2.30 bits per heavy atom. The minimum atomic E-state index is -0.869. The predicted octanol–water partition coefficient (Wildman–Crippen LogP) is 3.23. The lowest BCUT2D eigenvalue weighted by Crippen LogP contribution is -2.64. The van der Waals surface area contributed by atoms with E-state index in [9.17, 15) is 19.2 Å². The summed E-state index contributed by atoms with van der Waals surface area (Å²) in [6, 6.07) is 13.1. The van der Waals surface area contributed by atoms with Crippen LogP contribution in [0.15, 0.2) is 53.3 Å². The van der Waals surface area contributed by atoms with Crippen molar-refractivity contribution in [2.75, 3.05) is 19.6 Å². The van der Waals surface area contributed by atoms with E-state index in [0.717, 1.165) is 0 Å². The summed E-state index contributed by atoms with van der Waals surface area (Å²) < 4.78 is 5.68. The molecule has 1 fully saturated rings. The topological polar surface area (TPSA) is 125 Å². The molecule has 0 unspecified atom stereocenters. The van der Waals surface area contributed by atoms with Crippen LogP contribution in [-0.2, 0) is 4.79 Å². The van der Waals surface area contributed by atoms with Crippen molar-refractivity contribution in [3.05, 3.63) is 70.1 Å². The van der Waals surface area contributed by atoms with E-state index in [2.05, 4.69) is 15.3 Å². The molecule has 2 aromatic carbocycles. The van der Waals surface area contributed by atoms with Gasteiger partial charge in [0, 0.05) is 25.2 Å². The number of rotatable bonds is 7. The van der Waals surface area contributed by atoms with Gasteiger partial charge in [0.05, 0.1) is 22.7 Å². The molecule has 0 saturated carbocycles. The fourth-order valence-corrected chi connectivity index (χ4v) is 4.93. The normalized spacial score (nSPS) is 15.8. The van der Waals surface area contributed by atoms with E-state index < -0.39 is 23.0 Å². The van der Waals surface area contributed by atoms with Crippen LogP contribution in [0.3, 0.4) is 0 Å². The highest BCUT2D eigenvalue weighted by Crippen LogP contribution is 2.25. The van der Waals surface area contributed by atoms with Gasteiger partial charge < -0.3 is 24.8 Å². The number of nitrogens with zero attached hydrogens (tertiary/aromatic N) is 3. The molecule has 4 rings (SSSR count). The second-order valence-corrected chi connectivity index (χ2v) is 11.3. The van der Waals surface area contributed by atoms with Crippen molar-refractivity contribution in [1.82, 2.24) is 25.1 Å². The summed E-state index contributed by atoms with van der Waals surface area (Å²) in [5.41, 5.74) is -0.0228. The molecule has 10 heteroatoms. The molecule has 1 atom stereocenters. The number of benzene rings is 2. The Morgan fingerprint density at radius 2 is 1.68 bits per heavy atom. The fraction of sp³-hybridized carbons (Fsp3) is 0.433. The van der Waals surface area contributed by atoms with Crippen molar-refractivity contribution >= 4 is 28.8 Å². The average Bonchev–Trinajstić information content (AvgIpc) is 2.89. The van der Waals surface area contributed by atoms with Crippen LogP contribution in [0.4, 0.5) is 0 Å². The van der Waals surface area contributed by atoms with Gasteiger partial charge in [-0.1, -0.05) is 26.0 Å². The summed E-state index contributed by atoms with van der Waals surface area (Å²) >= 11 is 0. The van der Waals surface area contributed by atoms with Crippen molar-refractivity contribution in [2.24, 2.45) is 5.92 Å². The van der Waals surface area contributed by atoms with E-state index in [1.165, 1.54) is 0 Å². The zero-order chi connectivity index (χ0) is 29.2. The number of para-hydroxylation sites is 2. The van der Waals surface area contributed by atoms with Crippen LogP contribution < -0.4 is 15.6 Å². The van der Waals surface area contributed by atoms with Crippen LogP contribution >= 0.6 is 0 Å². The maximum Gasteiger partial charge on any atom is 0.280 e. The maximum absolute atomic E-state index is 13.7. The lowest BCUT2D eigenvalue weighted by atomic mass is 9.95. The number of piperazine rings is 1. The van der Waals surface area contributed by atoms with Gasteiger partial charge in [0.25, 0.3) is 17.4 Å². The number of carbonyl (C=O) groups excluding carboxylic acids is 3. The molecule has 10 nitrogen and oxygen atoms in total. The Hall–Kier alpha value is -4.21. The smallest absolute Gasteiger partial charge is 0.280 e. The Kier molecular flexibility index (Phi) is 8.27. The first-order chi connectivity index (χ1) is 18.9. The first-order valence-electron chi connectivity index (χ1n) is 13.5. The van der Waals surface area contributed by atoms with E-state index >= 15 is 0 Å². The molecular weight excluding hydrogens is 510 g/mol. The van der Waals surface area contributed by atoms with E-state index in [0.29, 0.717) is 42.0 Å². The van der Waals surface area contributed by atoms with Crippen LogP contribution in [0.5, 0.6) is 5.75 Å². The summed E-state index contributed by atoms with van der Waals surface area (Å²) in [4.78, 5) is 63.0. The third-order valence-corrected chi connectivity index (χ3v) is 6.97. The lowest BCUT2D eigenvalue weighted by molar-refractivity contribution is -0.138. The molecule has 2 heterocycles. The Morgan fingerprint density at radius 1 is 1.00 bits per heavy atom. The molecule has 2 N–H and O–H groups in total. The minimum Gasteiger partial charge on any atom is -0.491 e. The number of H-pyrrole nitrogens is 1. The molecule has 40 heavy (non-hydrogen) atoms. The van der Waals surface area contributed by atoms with Gasteiger partial charge in [-0.15, -0.1) is 0 Å². The molecule has 1 saturated heterocycles. The second kappa shape index (κ2) is 11.5. The first-order valence-corrected chi connectivity index (χ1v) is 13.5. The van der Waals surface area contributed by atoms with Crippen LogP contribution in [0.25, 0.3) is 11.0 Å². The van der Waals surface area contributed by atoms with Gasteiger partial charge in [-0.3, -0.25) is 19.2 Å². The fourth-order valence-electron chi connectivity index (χ4n) is 4.93. The summed E-state index contributed by atoms with van der Waals surface area (Å²) in [6.45, 7) is 12.3. The van der Waals surface area contributed by atoms with Crippen molar-refractivity contribution in [2.45, 2.75) is 59.2 Å². The van der Waals surface area contributed by atoms with Crippen LogP contribution in [0.1, 0.15) is 62.4 Å². The Bertz CT molecular complexity index is 1460. The van der Waals surface area contributed by atoms with Crippen molar-refractivity contribution in [1.29, 1.82) is 0 Å². The van der Waals surface area contributed by atoms with Gasteiger partial charge in [-0.2, -0.15) is 0 Å². The molecule has 0 spiro atoms. The molecule has 212 valence electrons. The van der Waals surface area contributed by atoms with Gasteiger partial charge in [0.1, 0.15) is 11.8 Å². The second-order valence-electron chi connectivity index (χ2n) is 11.3. The summed E-state index contributed by atoms with van der Waals surface area (Å²) in [5.74, 6) is -0.648. The Labute approximate surface area is 233 Å². The first kappa shape index (κ1) is 28.8. The molecule has 1 aromatic heterocycles. The number of fused-ring (bicyclic) bond motifs is 1.